The highest BCUT2D eigenvalue weighted by Gasteiger charge is 2.12. The minimum atomic E-state index is -0.557. The van der Waals surface area contributed by atoms with Crippen molar-refractivity contribution in [2.24, 2.45) is 0 Å². The van der Waals surface area contributed by atoms with Gasteiger partial charge in [0.05, 0.1) is 20.3 Å². The van der Waals surface area contributed by atoms with Gasteiger partial charge in [-0.1, -0.05) is 22.0 Å². The largest absolute Gasteiger partial charge is 0.493 e. The van der Waals surface area contributed by atoms with E-state index in [4.69, 9.17) is 9.47 Å². The lowest BCUT2D eigenvalue weighted by molar-refractivity contribution is 0.203. The first-order chi connectivity index (χ1) is 10.1. The van der Waals surface area contributed by atoms with E-state index in [-0.39, 0.29) is 0 Å². The normalized spacial score (nSPS) is 12.0. The van der Waals surface area contributed by atoms with Gasteiger partial charge >= 0.3 is 0 Å². The lowest BCUT2D eigenvalue weighted by Crippen LogP contribution is -2.01. The van der Waals surface area contributed by atoms with Crippen LogP contribution in [0.4, 0.5) is 0 Å². The van der Waals surface area contributed by atoms with Crippen LogP contribution in [0.5, 0.6) is 11.5 Å². The van der Waals surface area contributed by atoms with Gasteiger partial charge in [0.1, 0.15) is 0 Å². The number of halogens is 1. The molecule has 1 N–H and O–H groups in total. The number of rotatable bonds is 6. The maximum absolute atomic E-state index is 10.3. The topological polar surface area (TPSA) is 38.7 Å². The summed E-state index contributed by atoms with van der Waals surface area (Å²) in [7, 11) is 3.18. The SMILES string of the molecule is COc1ccc(C(O)CSc2ccc(Br)cc2)cc1OC. The molecule has 0 radical (unpaired) electrons. The number of methoxy groups -OCH3 is 2. The summed E-state index contributed by atoms with van der Waals surface area (Å²) in [4.78, 5) is 1.12. The molecule has 5 heteroatoms. The predicted octanol–water partition coefficient (Wildman–Crippen LogP) is 4.29. The van der Waals surface area contributed by atoms with Crippen LogP contribution in [0.3, 0.4) is 0 Å². The van der Waals surface area contributed by atoms with Crippen LogP contribution in [0.15, 0.2) is 51.8 Å². The third-order valence-corrected chi connectivity index (χ3v) is 4.63. The molecule has 112 valence electrons. The Morgan fingerprint density at radius 2 is 1.71 bits per heavy atom. The number of aliphatic hydroxyl groups is 1. The molecule has 0 aliphatic heterocycles. The molecule has 0 fully saturated rings. The van der Waals surface area contributed by atoms with Gasteiger partial charge in [-0.3, -0.25) is 0 Å². The van der Waals surface area contributed by atoms with Gasteiger partial charge < -0.3 is 14.6 Å². The summed E-state index contributed by atoms with van der Waals surface area (Å²) >= 11 is 5.02. The summed E-state index contributed by atoms with van der Waals surface area (Å²) in [6, 6.07) is 13.5. The average Bonchev–Trinajstić information content (AvgIpc) is 2.53. The minimum absolute atomic E-state index is 0.557. The van der Waals surface area contributed by atoms with Crippen LogP contribution in [0.25, 0.3) is 0 Å². The summed E-state index contributed by atoms with van der Waals surface area (Å²) in [5.74, 6) is 1.87. The molecule has 1 atom stereocenters. The standard InChI is InChI=1S/C16H17BrO3S/c1-19-15-8-3-11(9-16(15)20-2)14(18)10-21-13-6-4-12(17)5-7-13/h3-9,14,18H,10H2,1-2H3. The zero-order valence-electron chi connectivity index (χ0n) is 11.9. The number of benzene rings is 2. The third-order valence-electron chi connectivity index (χ3n) is 3.01. The fourth-order valence-electron chi connectivity index (χ4n) is 1.86. The lowest BCUT2D eigenvalue weighted by atomic mass is 10.1. The van der Waals surface area contributed by atoms with Gasteiger partial charge in [-0.15, -0.1) is 11.8 Å². The molecule has 0 bridgehead atoms. The summed E-state index contributed by atoms with van der Waals surface area (Å²) in [6.45, 7) is 0. The molecule has 0 aromatic heterocycles. The van der Waals surface area contributed by atoms with Crippen molar-refractivity contribution in [1.82, 2.24) is 0 Å². The second-order valence-corrected chi connectivity index (χ2v) is 6.40. The van der Waals surface area contributed by atoms with Gasteiger partial charge in [0.25, 0.3) is 0 Å². The second-order valence-electron chi connectivity index (χ2n) is 4.40. The van der Waals surface area contributed by atoms with Gasteiger partial charge in [0, 0.05) is 15.1 Å². The van der Waals surface area contributed by atoms with Crippen LogP contribution in [0, 0.1) is 0 Å². The molecule has 3 nitrogen and oxygen atoms in total. The molecule has 0 aliphatic carbocycles. The average molecular weight is 369 g/mol. The summed E-state index contributed by atoms with van der Waals surface area (Å²) in [5.41, 5.74) is 0.817. The molecular formula is C16H17BrO3S. The highest BCUT2D eigenvalue weighted by Crippen LogP contribution is 2.32. The van der Waals surface area contributed by atoms with Crippen molar-refractivity contribution in [1.29, 1.82) is 0 Å². The molecule has 2 aromatic carbocycles. The number of ether oxygens (including phenoxy) is 2. The zero-order chi connectivity index (χ0) is 15.2. The van der Waals surface area contributed by atoms with Crippen molar-refractivity contribution >= 4 is 27.7 Å². The van der Waals surface area contributed by atoms with Gasteiger partial charge in [-0.2, -0.15) is 0 Å². The number of hydrogen-bond acceptors (Lipinski definition) is 4. The van der Waals surface area contributed by atoms with E-state index in [1.165, 1.54) is 0 Å². The van der Waals surface area contributed by atoms with Crippen LogP contribution in [0.1, 0.15) is 11.7 Å². The van der Waals surface area contributed by atoms with Gasteiger partial charge in [0.15, 0.2) is 11.5 Å². The van der Waals surface area contributed by atoms with Crippen molar-refractivity contribution in [2.75, 3.05) is 20.0 Å². The number of hydrogen-bond donors (Lipinski definition) is 1. The van der Waals surface area contributed by atoms with Crippen LogP contribution < -0.4 is 9.47 Å². The van der Waals surface area contributed by atoms with Crippen molar-refractivity contribution < 1.29 is 14.6 Å². The molecular weight excluding hydrogens is 352 g/mol. The molecule has 0 saturated carbocycles. The van der Waals surface area contributed by atoms with Crippen LogP contribution in [0.2, 0.25) is 0 Å². The van der Waals surface area contributed by atoms with E-state index in [0.717, 1.165) is 14.9 Å². The Kier molecular flexibility index (Phi) is 5.96. The first-order valence-electron chi connectivity index (χ1n) is 6.42. The Labute approximate surface area is 137 Å². The number of aliphatic hydroxyl groups excluding tert-OH is 1. The Bertz CT molecular complexity index is 587. The van der Waals surface area contributed by atoms with Crippen LogP contribution in [-0.2, 0) is 0 Å². The van der Waals surface area contributed by atoms with Crippen molar-refractivity contribution in [3.8, 4) is 11.5 Å². The van der Waals surface area contributed by atoms with Gasteiger partial charge in [-0.05, 0) is 42.0 Å². The lowest BCUT2D eigenvalue weighted by Gasteiger charge is -2.14. The summed E-state index contributed by atoms with van der Waals surface area (Å²) in [6.07, 6.45) is -0.557. The Balaban J connectivity index is 2.02. The monoisotopic (exact) mass is 368 g/mol. The molecule has 21 heavy (non-hydrogen) atoms. The first kappa shape index (κ1) is 16.2. The van der Waals surface area contributed by atoms with Crippen LogP contribution >= 0.6 is 27.7 Å². The van der Waals surface area contributed by atoms with Crippen molar-refractivity contribution in [3.63, 3.8) is 0 Å². The number of thioether (sulfide) groups is 1. The van der Waals surface area contributed by atoms with Crippen molar-refractivity contribution in [3.05, 3.63) is 52.5 Å². The van der Waals surface area contributed by atoms with E-state index in [2.05, 4.69) is 15.9 Å². The second kappa shape index (κ2) is 7.73. The molecule has 0 amide bonds. The van der Waals surface area contributed by atoms with E-state index in [9.17, 15) is 5.11 Å². The maximum Gasteiger partial charge on any atom is 0.161 e. The van der Waals surface area contributed by atoms with Crippen molar-refractivity contribution in [2.45, 2.75) is 11.0 Å². The molecule has 0 spiro atoms. The predicted molar refractivity (Wildman–Crippen MR) is 89.4 cm³/mol. The Hall–Kier alpha value is -1.17. The third kappa shape index (κ3) is 4.40. The molecule has 0 heterocycles. The highest BCUT2D eigenvalue weighted by atomic mass is 79.9. The highest BCUT2D eigenvalue weighted by molar-refractivity contribution is 9.10. The Morgan fingerprint density at radius 3 is 2.33 bits per heavy atom. The van der Waals surface area contributed by atoms with E-state index in [0.29, 0.717) is 17.3 Å². The minimum Gasteiger partial charge on any atom is -0.493 e. The summed E-state index contributed by atoms with van der Waals surface area (Å²) in [5, 5.41) is 10.3. The van der Waals surface area contributed by atoms with Gasteiger partial charge in [-0.25, -0.2) is 0 Å². The molecule has 2 aromatic rings. The fraction of sp³-hybridized carbons (Fsp3) is 0.250. The molecule has 0 saturated heterocycles. The zero-order valence-corrected chi connectivity index (χ0v) is 14.3. The smallest absolute Gasteiger partial charge is 0.161 e. The van der Waals surface area contributed by atoms with E-state index < -0.39 is 6.10 Å². The quantitative estimate of drug-likeness (QED) is 0.771. The maximum atomic E-state index is 10.3. The molecule has 1 unspecified atom stereocenters. The summed E-state index contributed by atoms with van der Waals surface area (Å²) < 4.78 is 11.5. The Morgan fingerprint density at radius 1 is 1.05 bits per heavy atom. The fourth-order valence-corrected chi connectivity index (χ4v) is 3.00. The van der Waals surface area contributed by atoms with Crippen LogP contribution in [-0.4, -0.2) is 25.1 Å². The van der Waals surface area contributed by atoms with Gasteiger partial charge in [0.2, 0.25) is 0 Å². The first-order valence-corrected chi connectivity index (χ1v) is 8.20. The van der Waals surface area contributed by atoms with E-state index in [1.807, 2.05) is 42.5 Å². The molecule has 0 aliphatic rings. The van der Waals surface area contributed by atoms with E-state index >= 15 is 0 Å². The van der Waals surface area contributed by atoms with E-state index in [1.54, 1.807) is 26.0 Å². The molecule has 2 rings (SSSR count).